The Kier molecular flexibility index (Phi) is 8.43. The number of hydrogen-bond donors (Lipinski definition) is 1. The van der Waals surface area contributed by atoms with E-state index in [0.29, 0.717) is 11.5 Å². The number of nitrogens with one attached hydrogen (secondary N) is 1. The molecule has 0 saturated carbocycles. The lowest BCUT2D eigenvalue weighted by atomic mass is 10.2. The number of esters is 1. The summed E-state index contributed by atoms with van der Waals surface area (Å²) < 4.78 is 18.9. The van der Waals surface area contributed by atoms with Crippen molar-refractivity contribution in [3.05, 3.63) is 141 Å². The third kappa shape index (κ3) is 6.68. The van der Waals surface area contributed by atoms with E-state index >= 15 is 0 Å². The first-order valence-corrected chi connectivity index (χ1v) is 13.1. The molecule has 3 aromatic carbocycles. The van der Waals surface area contributed by atoms with Crippen LogP contribution >= 0.6 is 0 Å². The molecule has 43 heavy (non-hydrogen) atoms. The number of rotatable bonds is 10. The first kappa shape index (κ1) is 28.6. The summed E-state index contributed by atoms with van der Waals surface area (Å²) in [7, 11) is 0. The highest BCUT2D eigenvalue weighted by molar-refractivity contribution is 5.95. The quantitative estimate of drug-likeness (QED) is 0.0689. The Morgan fingerprint density at radius 1 is 0.930 bits per heavy atom. The normalized spacial score (nSPS) is 10.9. The maximum Gasteiger partial charge on any atom is 0.343 e. The number of hydrogen-bond acceptors (Lipinski definition) is 8. The molecule has 11 nitrogen and oxygen atoms in total. The van der Waals surface area contributed by atoms with E-state index in [9.17, 15) is 19.7 Å². The van der Waals surface area contributed by atoms with E-state index in [0.717, 1.165) is 23.3 Å². The van der Waals surface area contributed by atoms with E-state index in [1.807, 2.05) is 38.1 Å². The molecule has 0 radical (unpaired) electrons. The molecular formula is C32H26N4O7. The van der Waals surface area contributed by atoms with Gasteiger partial charge in [0, 0.05) is 28.7 Å². The zero-order chi connectivity index (χ0) is 30.3. The van der Waals surface area contributed by atoms with Crippen LogP contribution in [0, 0.1) is 24.0 Å². The second kappa shape index (κ2) is 12.7. The Morgan fingerprint density at radius 3 is 2.35 bits per heavy atom. The molecule has 5 aromatic rings. The Morgan fingerprint density at radius 2 is 1.65 bits per heavy atom. The number of furan rings is 1. The summed E-state index contributed by atoms with van der Waals surface area (Å²) in [5.74, 6) is -0.690. The summed E-state index contributed by atoms with van der Waals surface area (Å²) in [4.78, 5) is 36.1. The number of nitrogens with zero attached hydrogens (tertiary/aromatic N) is 3. The lowest BCUT2D eigenvalue weighted by molar-refractivity contribution is -0.385. The summed E-state index contributed by atoms with van der Waals surface area (Å²) in [6.07, 6.45) is 1.14. The van der Waals surface area contributed by atoms with Crippen molar-refractivity contribution in [3.8, 4) is 17.2 Å². The van der Waals surface area contributed by atoms with Crippen LogP contribution in [-0.2, 0) is 6.61 Å². The average Bonchev–Trinajstić information content (AvgIpc) is 3.63. The van der Waals surface area contributed by atoms with Gasteiger partial charge in [-0.1, -0.05) is 24.3 Å². The first-order chi connectivity index (χ1) is 20.8. The van der Waals surface area contributed by atoms with Crippen LogP contribution in [0.1, 0.15) is 43.6 Å². The highest BCUT2D eigenvalue weighted by atomic mass is 16.6. The number of carbonyl (C=O) groups excluding carboxylic acids is 2. The fraction of sp³-hybridized carbons (Fsp3) is 0.0938. The molecule has 1 N–H and O–H groups in total. The van der Waals surface area contributed by atoms with Gasteiger partial charge >= 0.3 is 17.6 Å². The maximum absolute atomic E-state index is 12.6. The van der Waals surface area contributed by atoms with E-state index in [2.05, 4.69) is 27.2 Å². The van der Waals surface area contributed by atoms with Gasteiger partial charge in [-0.25, -0.2) is 10.2 Å². The van der Waals surface area contributed by atoms with Gasteiger partial charge in [0.05, 0.1) is 16.7 Å². The summed E-state index contributed by atoms with van der Waals surface area (Å²) in [6, 6.07) is 27.0. The molecule has 0 saturated heterocycles. The van der Waals surface area contributed by atoms with Crippen LogP contribution in [0.25, 0.3) is 5.69 Å². The number of amides is 1. The molecule has 0 aliphatic rings. The van der Waals surface area contributed by atoms with E-state index in [1.165, 1.54) is 36.4 Å². The molecule has 11 heteroatoms. The predicted molar refractivity (Wildman–Crippen MR) is 158 cm³/mol. The number of aryl methyl sites for hydroxylation is 2. The number of ether oxygens (including phenoxy) is 2. The highest BCUT2D eigenvalue weighted by Crippen LogP contribution is 2.31. The minimum atomic E-state index is -0.777. The van der Waals surface area contributed by atoms with Gasteiger partial charge in [-0.15, -0.1) is 0 Å². The van der Waals surface area contributed by atoms with Crippen molar-refractivity contribution < 1.29 is 28.4 Å². The van der Waals surface area contributed by atoms with Crippen LogP contribution in [-0.4, -0.2) is 27.6 Å². The Balaban J connectivity index is 1.21. The predicted octanol–water partition coefficient (Wildman–Crippen LogP) is 6.16. The molecular weight excluding hydrogens is 552 g/mol. The van der Waals surface area contributed by atoms with Crippen molar-refractivity contribution >= 4 is 23.8 Å². The van der Waals surface area contributed by atoms with Gasteiger partial charge in [0.15, 0.2) is 5.76 Å². The zero-order valence-corrected chi connectivity index (χ0v) is 23.2. The van der Waals surface area contributed by atoms with Crippen LogP contribution in [0.15, 0.2) is 107 Å². The molecule has 0 fully saturated rings. The standard InChI is InChI=1S/C32H26N4O7/c1-21-11-12-22(2)35(21)25-13-15-26(16-14-25)41-20-27-17-18-29(42-27)31(37)34-33-19-24-9-6-10-28(36(39)40)30(24)43-32(38)23-7-4-3-5-8-23/h3-19H,20H2,1-2H3,(H,34,37)/b33-19+. The summed E-state index contributed by atoms with van der Waals surface area (Å²) in [5, 5.41) is 15.4. The number of benzene rings is 3. The van der Waals surface area contributed by atoms with Crippen molar-refractivity contribution in [1.29, 1.82) is 0 Å². The topological polar surface area (TPSA) is 138 Å². The van der Waals surface area contributed by atoms with E-state index in [4.69, 9.17) is 13.9 Å². The lowest BCUT2D eigenvalue weighted by Crippen LogP contribution is -2.17. The van der Waals surface area contributed by atoms with Crippen LogP contribution in [0.5, 0.6) is 11.5 Å². The fourth-order valence-corrected chi connectivity index (χ4v) is 4.34. The van der Waals surface area contributed by atoms with Crippen LogP contribution in [0.4, 0.5) is 5.69 Å². The molecule has 0 spiro atoms. The summed E-state index contributed by atoms with van der Waals surface area (Å²) in [6.45, 7) is 4.19. The number of nitro benzene ring substituents is 1. The van der Waals surface area contributed by atoms with E-state index in [1.54, 1.807) is 24.3 Å². The molecule has 5 rings (SSSR count). The zero-order valence-electron chi connectivity index (χ0n) is 23.2. The van der Waals surface area contributed by atoms with Crippen LogP contribution in [0.3, 0.4) is 0 Å². The first-order valence-electron chi connectivity index (χ1n) is 13.1. The Labute approximate surface area is 246 Å². The Bertz CT molecular complexity index is 1790. The molecule has 2 aromatic heterocycles. The van der Waals surface area contributed by atoms with E-state index in [-0.39, 0.29) is 29.2 Å². The number of para-hydroxylation sites is 1. The molecule has 0 atom stereocenters. The van der Waals surface area contributed by atoms with Crippen molar-refractivity contribution in [2.75, 3.05) is 0 Å². The smallest absolute Gasteiger partial charge is 0.343 e. The number of aromatic nitrogens is 1. The third-order valence-electron chi connectivity index (χ3n) is 6.43. The molecule has 1 amide bonds. The van der Waals surface area contributed by atoms with E-state index < -0.39 is 22.5 Å². The van der Waals surface area contributed by atoms with Crippen molar-refractivity contribution in [2.45, 2.75) is 20.5 Å². The van der Waals surface area contributed by atoms with Gasteiger partial charge < -0.3 is 18.5 Å². The largest absolute Gasteiger partial charge is 0.486 e. The van der Waals surface area contributed by atoms with Gasteiger partial charge in [-0.05, 0) is 80.6 Å². The maximum atomic E-state index is 12.6. The number of carbonyl (C=O) groups is 2. The molecule has 0 aliphatic heterocycles. The Hall–Kier alpha value is -5.97. The summed E-state index contributed by atoms with van der Waals surface area (Å²) in [5.41, 5.74) is 5.50. The minimum absolute atomic E-state index is 0.0144. The van der Waals surface area contributed by atoms with Gasteiger partial charge in [-0.2, -0.15) is 5.10 Å². The van der Waals surface area contributed by atoms with Crippen LogP contribution < -0.4 is 14.9 Å². The van der Waals surface area contributed by atoms with Crippen molar-refractivity contribution in [1.82, 2.24) is 9.99 Å². The van der Waals surface area contributed by atoms with Gasteiger partial charge in [-0.3, -0.25) is 14.9 Å². The lowest BCUT2D eigenvalue weighted by Gasteiger charge is -2.10. The van der Waals surface area contributed by atoms with Crippen LogP contribution in [0.2, 0.25) is 0 Å². The molecule has 0 bridgehead atoms. The van der Waals surface area contributed by atoms with Crippen molar-refractivity contribution in [2.24, 2.45) is 5.10 Å². The van der Waals surface area contributed by atoms with Gasteiger partial charge in [0.25, 0.3) is 0 Å². The second-order valence-electron chi connectivity index (χ2n) is 9.41. The monoisotopic (exact) mass is 578 g/mol. The van der Waals surface area contributed by atoms with Gasteiger partial charge in [0.1, 0.15) is 18.1 Å². The molecule has 0 unspecified atom stereocenters. The third-order valence-corrected chi connectivity index (χ3v) is 6.43. The highest BCUT2D eigenvalue weighted by Gasteiger charge is 2.22. The fourth-order valence-electron chi connectivity index (χ4n) is 4.34. The summed E-state index contributed by atoms with van der Waals surface area (Å²) >= 11 is 0. The molecule has 0 aliphatic carbocycles. The molecule has 216 valence electrons. The van der Waals surface area contributed by atoms with Crippen molar-refractivity contribution in [3.63, 3.8) is 0 Å². The minimum Gasteiger partial charge on any atom is -0.486 e. The average molecular weight is 579 g/mol. The van der Waals surface area contributed by atoms with Gasteiger partial charge in [0.2, 0.25) is 5.75 Å². The molecule has 2 heterocycles. The SMILES string of the molecule is Cc1ccc(C)n1-c1ccc(OCc2ccc(C(=O)N/N=C/c3cccc([N+](=O)[O-])c3OC(=O)c3ccccc3)o2)cc1. The number of hydrazone groups is 1. The second-order valence-corrected chi connectivity index (χ2v) is 9.41. The number of nitro groups is 1.